The van der Waals surface area contributed by atoms with Gasteiger partial charge in [-0.05, 0) is 31.4 Å². The van der Waals surface area contributed by atoms with Gasteiger partial charge in [-0.3, -0.25) is 4.79 Å². The SMILES string of the molecule is Cc1c(C(=O)N[C@@H](C)c2cccs2)oc2ccccc12. The van der Waals surface area contributed by atoms with Crippen molar-refractivity contribution >= 4 is 28.2 Å². The lowest BCUT2D eigenvalue weighted by molar-refractivity contribution is 0.0914. The number of aryl methyl sites for hydroxylation is 1. The summed E-state index contributed by atoms with van der Waals surface area (Å²) in [6.45, 7) is 3.89. The molecule has 1 amide bonds. The fraction of sp³-hybridized carbons (Fsp3) is 0.188. The number of benzene rings is 1. The van der Waals surface area contributed by atoms with Crippen LogP contribution in [0.2, 0.25) is 0 Å². The number of hydrogen-bond acceptors (Lipinski definition) is 3. The molecule has 1 aromatic carbocycles. The van der Waals surface area contributed by atoms with Gasteiger partial charge < -0.3 is 9.73 Å². The van der Waals surface area contributed by atoms with Crippen molar-refractivity contribution < 1.29 is 9.21 Å². The highest BCUT2D eigenvalue weighted by Gasteiger charge is 2.19. The van der Waals surface area contributed by atoms with Crippen LogP contribution in [-0.4, -0.2) is 5.91 Å². The minimum Gasteiger partial charge on any atom is -0.451 e. The fourth-order valence-electron chi connectivity index (χ4n) is 2.26. The number of nitrogens with one attached hydrogen (secondary N) is 1. The Morgan fingerprint density at radius 3 is 2.75 bits per heavy atom. The monoisotopic (exact) mass is 285 g/mol. The molecule has 1 atom stereocenters. The molecule has 0 unspecified atom stereocenters. The largest absolute Gasteiger partial charge is 0.451 e. The van der Waals surface area contributed by atoms with Crippen molar-refractivity contribution in [2.75, 3.05) is 0 Å². The van der Waals surface area contributed by atoms with Gasteiger partial charge in [-0.25, -0.2) is 0 Å². The molecule has 0 aliphatic carbocycles. The minimum atomic E-state index is -0.167. The number of fused-ring (bicyclic) bond motifs is 1. The van der Waals surface area contributed by atoms with E-state index in [-0.39, 0.29) is 11.9 Å². The average molecular weight is 285 g/mol. The highest BCUT2D eigenvalue weighted by atomic mass is 32.1. The molecule has 4 heteroatoms. The van der Waals surface area contributed by atoms with E-state index in [0.717, 1.165) is 21.4 Å². The van der Waals surface area contributed by atoms with Gasteiger partial charge in [0.05, 0.1) is 6.04 Å². The molecule has 0 bridgehead atoms. The maximum atomic E-state index is 12.3. The summed E-state index contributed by atoms with van der Waals surface area (Å²) >= 11 is 1.63. The van der Waals surface area contributed by atoms with Crippen molar-refractivity contribution in [3.8, 4) is 0 Å². The lowest BCUT2D eigenvalue weighted by atomic mass is 10.1. The van der Waals surface area contributed by atoms with Crippen LogP contribution in [0.25, 0.3) is 11.0 Å². The number of carbonyl (C=O) groups is 1. The second-order valence-corrected chi connectivity index (χ2v) is 5.74. The first-order valence-corrected chi connectivity index (χ1v) is 7.37. The van der Waals surface area contributed by atoms with Crippen LogP contribution in [0.15, 0.2) is 46.2 Å². The Labute approximate surface area is 121 Å². The van der Waals surface area contributed by atoms with Crippen LogP contribution in [0, 0.1) is 6.92 Å². The van der Waals surface area contributed by atoms with Crippen LogP contribution in [0.1, 0.15) is 34.0 Å². The van der Waals surface area contributed by atoms with Crippen molar-refractivity contribution in [1.82, 2.24) is 5.32 Å². The second-order valence-electron chi connectivity index (χ2n) is 4.76. The zero-order valence-corrected chi connectivity index (χ0v) is 12.2. The number of furan rings is 1. The Balaban J connectivity index is 1.87. The van der Waals surface area contributed by atoms with E-state index in [1.165, 1.54) is 0 Å². The summed E-state index contributed by atoms with van der Waals surface area (Å²) < 4.78 is 5.67. The molecule has 3 rings (SSSR count). The van der Waals surface area contributed by atoms with E-state index in [2.05, 4.69) is 5.32 Å². The van der Waals surface area contributed by atoms with E-state index >= 15 is 0 Å². The second kappa shape index (κ2) is 5.13. The molecule has 0 saturated heterocycles. The lowest BCUT2D eigenvalue weighted by Crippen LogP contribution is -2.26. The quantitative estimate of drug-likeness (QED) is 0.780. The van der Waals surface area contributed by atoms with E-state index in [1.54, 1.807) is 11.3 Å². The highest BCUT2D eigenvalue weighted by molar-refractivity contribution is 7.10. The van der Waals surface area contributed by atoms with Crippen LogP contribution in [0.3, 0.4) is 0 Å². The molecule has 0 spiro atoms. The topological polar surface area (TPSA) is 42.2 Å². The first-order valence-electron chi connectivity index (χ1n) is 6.49. The molecular formula is C16H15NO2S. The molecule has 3 aromatic rings. The normalized spacial score (nSPS) is 12.5. The van der Waals surface area contributed by atoms with Crippen LogP contribution in [0.5, 0.6) is 0 Å². The maximum Gasteiger partial charge on any atom is 0.287 e. The molecule has 1 N–H and O–H groups in total. The maximum absolute atomic E-state index is 12.3. The van der Waals surface area contributed by atoms with Gasteiger partial charge in [0.25, 0.3) is 5.91 Å². The number of amides is 1. The molecule has 0 aliphatic rings. The third-order valence-electron chi connectivity index (χ3n) is 3.37. The summed E-state index contributed by atoms with van der Waals surface area (Å²) in [5, 5.41) is 5.97. The van der Waals surface area contributed by atoms with Crippen molar-refractivity contribution in [3.05, 3.63) is 58.0 Å². The van der Waals surface area contributed by atoms with Crippen LogP contribution in [0.4, 0.5) is 0 Å². The molecule has 102 valence electrons. The number of thiophene rings is 1. The zero-order chi connectivity index (χ0) is 14.1. The Hall–Kier alpha value is -2.07. The number of para-hydroxylation sites is 1. The predicted molar refractivity (Wildman–Crippen MR) is 81.2 cm³/mol. The number of rotatable bonds is 3. The lowest BCUT2D eigenvalue weighted by Gasteiger charge is -2.11. The highest BCUT2D eigenvalue weighted by Crippen LogP contribution is 2.26. The van der Waals surface area contributed by atoms with Crippen LogP contribution < -0.4 is 5.32 Å². The summed E-state index contributed by atoms with van der Waals surface area (Å²) in [4.78, 5) is 13.5. The summed E-state index contributed by atoms with van der Waals surface area (Å²) in [6, 6.07) is 11.7. The Morgan fingerprint density at radius 2 is 2.05 bits per heavy atom. The third-order valence-corrected chi connectivity index (χ3v) is 4.42. The van der Waals surface area contributed by atoms with Gasteiger partial charge in [-0.15, -0.1) is 11.3 Å². The Bertz CT molecular complexity index is 743. The molecule has 2 heterocycles. The zero-order valence-electron chi connectivity index (χ0n) is 11.3. The summed E-state index contributed by atoms with van der Waals surface area (Å²) in [6.07, 6.45) is 0. The van der Waals surface area contributed by atoms with Crippen LogP contribution >= 0.6 is 11.3 Å². The third kappa shape index (κ3) is 2.23. The molecule has 2 aromatic heterocycles. The summed E-state index contributed by atoms with van der Waals surface area (Å²) in [5.41, 5.74) is 1.63. The smallest absolute Gasteiger partial charge is 0.287 e. The van der Waals surface area contributed by atoms with E-state index in [4.69, 9.17) is 4.42 Å². The Morgan fingerprint density at radius 1 is 1.25 bits per heavy atom. The van der Waals surface area contributed by atoms with Crippen molar-refractivity contribution in [2.45, 2.75) is 19.9 Å². The molecule has 0 aliphatic heterocycles. The van der Waals surface area contributed by atoms with Gasteiger partial charge >= 0.3 is 0 Å². The number of carbonyl (C=O) groups excluding carboxylic acids is 1. The van der Waals surface area contributed by atoms with E-state index in [9.17, 15) is 4.79 Å². The van der Waals surface area contributed by atoms with Gasteiger partial charge in [0, 0.05) is 15.8 Å². The average Bonchev–Trinajstić information content (AvgIpc) is 3.07. The van der Waals surface area contributed by atoms with Crippen molar-refractivity contribution in [2.24, 2.45) is 0 Å². The summed E-state index contributed by atoms with van der Waals surface area (Å²) in [7, 11) is 0. The molecular weight excluding hydrogens is 270 g/mol. The molecule has 0 radical (unpaired) electrons. The van der Waals surface area contributed by atoms with Crippen LogP contribution in [-0.2, 0) is 0 Å². The minimum absolute atomic E-state index is 0.0184. The van der Waals surface area contributed by atoms with Gasteiger partial charge in [0.1, 0.15) is 5.58 Å². The molecule has 0 fully saturated rings. The molecule has 20 heavy (non-hydrogen) atoms. The van der Waals surface area contributed by atoms with E-state index < -0.39 is 0 Å². The van der Waals surface area contributed by atoms with Gasteiger partial charge in [-0.2, -0.15) is 0 Å². The predicted octanol–water partition coefficient (Wildman–Crippen LogP) is 4.29. The fourth-order valence-corrected chi connectivity index (χ4v) is 3.00. The van der Waals surface area contributed by atoms with Crippen molar-refractivity contribution in [1.29, 1.82) is 0 Å². The van der Waals surface area contributed by atoms with E-state index in [1.807, 2.05) is 55.6 Å². The number of hydrogen-bond donors (Lipinski definition) is 1. The van der Waals surface area contributed by atoms with Gasteiger partial charge in [-0.1, -0.05) is 24.3 Å². The van der Waals surface area contributed by atoms with Gasteiger partial charge in [0.15, 0.2) is 5.76 Å². The first-order chi connectivity index (χ1) is 9.66. The van der Waals surface area contributed by atoms with E-state index in [0.29, 0.717) is 5.76 Å². The standard InChI is InChI=1S/C16H15NO2S/c1-10-12-6-3-4-7-13(12)19-15(10)16(18)17-11(2)14-8-5-9-20-14/h3-9,11H,1-2H3,(H,17,18)/t11-/m0/s1. The first kappa shape index (κ1) is 12.9. The van der Waals surface area contributed by atoms with Crippen molar-refractivity contribution in [3.63, 3.8) is 0 Å². The summed E-state index contributed by atoms with van der Waals surface area (Å²) in [5.74, 6) is 0.231. The molecule has 3 nitrogen and oxygen atoms in total. The van der Waals surface area contributed by atoms with Gasteiger partial charge in [0.2, 0.25) is 0 Å². The Kier molecular flexibility index (Phi) is 3.32. The molecule has 0 saturated carbocycles.